The zero-order valence-corrected chi connectivity index (χ0v) is 24.0. The van der Waals surface area contributed by atoms with Crippen LogP contribution in [-0.4, -0.2) is 67.3 Å². The number of nitrogens with one attached hydrogen (secondary N) is 1. The molecule has 2 N–H and O–H groups in total. The number of aryl methyl sites for hydroxylation is 1. The lowest BCUT2D eigenvalue weighted by Crippen LogP contribution is -2.59. The first-order chi connectivity index (χ1) is 18.3. The molecule has 2 aliphatic heterocycles. The summed E-state index contributed by atoms with van der Waals surface area (Å²) in [6.07, 6.45) is -1.56. The van der Waals surface area contributed by atoms with E-state index in [0.29, 0.717) is 6.54 Å². The van der Waals surface area contributed by atoms with Crippen molar-refractivity contribution in [3.63, 3.8) is 0 Å². The van der Waals surface area contributed by atoms with Gasteiger partial charge in [-0.05, 0) is 43.9 Å². The number of carbonyl (C=O) groups excluding carboxylic acids is 4. The molecule has 39 heavy (non-hydrogen) atoms. The molecule has 3 atom stereocenters. The molecule has 0 aliphatic carbocycles. The molecule has 0 aromatic heterocycles. The lowest BCUT2D eigenvalue weighted by molar-refractivity contribution is -0.155. The highest BCUT2D eigenvalue weighted by Gasteiger charge is 2.53. The van der Waals surface area contributed by atoms with Crippen LogP contribution >= 0.6 is 11.8 Å². The van der Waals surface area contributed by atoms with Crippen molar-refractivity contribution in [2.45, 2.75) is 76.9 Å². The number of hydrogen-bond acceptors (Lipinski definition) is 6. The van der Waals surface area contributed by atoms with Gasteiger partial charge in [0.25, 0.3) is 5.91 Å². The molecule has 2 aromatic carbocycles. The van der Waals surface area contributed by atoms with Gasteiger partial charge in [0.15, 0.2) is 6.10 Å². The fourth-order valence-electron chi connectivity index (χ4n) is 5.35. The number of carbonyl (C=O) groups is 4. The molecule has 0 saturated carbocycles. The lowest BCUT2D eigenvalue weighted by atomic mass is 9.91. The van der Waals surface area contributed by atoms with Crippen molar-refractivity contribution in [2.24, 2.45) is 5.41 Å². The normalized spacial score (nSPS) is 21.6. The van der Waals surface area contributed by atoms with Crippen LogP contribution in [0.5, 0.6) is 0 Å². The number of likely N-dealkylation sites (tertiary alicyclic amines) is 1. The highest BCUT2D eigenvalue weighted by Crippen LogP contribution is 2.41. The van der Waals surface area contributed by atoms with Crippen molar-refractivity contribution in [1.82, 2.24) is 15.1 Å². The molecule has 2 aliphatic rings. The van der Waals surface area contributed by atoms with E-state index in [2.05, 4.69) is 5.32 Å². The van der Waals surface area contributed by atoms with Gasteiger partial charge < -0.3 is 15.3 Å². The van der Waals surface area contributed by atoms with E-state index in [1.807, 2.05) is 75.4 Å². The summed E-state index contributed by atoms with van der Waals surface area (Å²) in [4.78, 5) is 56.0. The third kappa shape index (κ3) is 5.89. The molecule has 2 heterocycles. The minimum absolute atomic E-state index is 0.00850. The smallest absolute Gasteiger partial charge is 0.255 e. The van der Waals surface area contributed by atoms with Gasteiger partial charge >= 0.3 is 0 Å². The molecule has 0 bridgehead atoms. The first-order valence-electron chi connectivity index (χ1n) is 13.2. The van der Waals surface area contributed by atoms with Crippen LogP contribution in [0.3, 0.4) is 0 Å². The summed E-state index contributed by atoms with van der Waals surface area (Å²) in [5.41, 5.74) is 1.89. The second-order valence-electron chi connectivity index (χ2n) is 11.6. The number of aliphatic hydroxyl groups excluding tert-OH is 1. The van der Waals surface area contributed by atoms with Gasteiger partial charge in [0.05, 0.1) is 17.3 Å². The van der Waals surface area contributed by atoms with E-state index in [0.717, 1.165) is 21.6 Å². The second kappa shape index (κ2) is 11.1. The zero-order chi connectivity index (χ0) is 28.5. The van der Waals surface area contributed by atoms with Crippen LogP contribution in [0.4, 0.5) is 0 Å². The third-order valence-electron chi connectivity index (χ3n) is 7.69. The fourth-order valence-corrected chi connectivity index (χ4v) is 6.49. The number of imide groups is 1. The van der Waals surface area contributed by atoms with Gasteiger partial charge in [0, 0.05) is 17.7 Å². The average molecular weight is 552 g/mol. The maximum atomic E-state index is 13.9. The average Bonchev–Trinajstić information content (AvgIpc) is 3.31. The quantitative estimate of drug-likeness (QED) is 0.489. The van der Waals surface area contributed by atoms with E-state index in [1.54, 1.807) is 13.8 Å². The van der Waals surface area contributed by atoms with Gasteiger partial charge in [-0.2, -0.15) is 0 Å². The Morgan fingerprint density at radius 1 is 1.05 bits per heavy atom. The molecule has 2 saturated heterocycles. The minimum atomic E-state index is -1.69. The maximum Gasteiger partial charge on any atom is 0.255 e. The molecular weight excluding hydrogens is 514 g/mol. The number of amides is 4. The molecule has 2 aromatic rings. The molecule has 4 amide bonds. The summed E-state index contributed by atoms with van der Waals surface area (Å²) in [7, 11) is 0. The summed E-state index contributed by atoms with van der Waals surface area (Å²) in [5, 5.41) is 14.5. The van der Waals surface area contributed by atoms with Crippen LogP contribution in [0, 0.1) is 12.3 Å². The summed E-state index contributed by atoms with van der Waals surface area (Å²) < 4.78 is -0.610. The van der Waals surface area contributed by atoms with Crippen LogP contribution in [-0.2, 0) is 32.1 Å². The predicted molar refractivity (Wildman–Crippen MR) is 150 cm³/mol. The van der Waals surface area contributed by atoms with E-state index in [-0.39, 0.29) is 24.6 Å². The Balaban J connectivity index is 1.59. The Bertz CT molecular complexity index is 1260. The van der Waals surface area contributed by atoms with E-state index >= 15 is 0 Å². The zero-order valence-electron chi connectivity index (χ0n) is 23.1. The van der Waals surface area contributed by atoms with Crippen LogP contribution < -0.4 is 5.32 Å². The van der Waals surface area contributed by atoms with Crippen molar-refractivity contribution in [3.05, 3.63) is 71.3 Å². The Morgan fingerprint density at radius 2 is 1.69 bits per heavy atom. The number of nitrogens with zero attached hydrogens (tertiary/aromatic N) is 2. The van der Waals surface area contributed by atoms with Gasteiger partial charge in [-0.3, -0.25) is 24.1 Å². The third-order valence-corrected chi connectivity index (χ3v) is 9.06. The maximum absolute atomic E-state index is 13.9. The standard InChI is InChI=1S/C30H37N3O5S/c1-19-11-9-10-14-21(19)17-31-26(36)25-30(4,5)39-18-32(25)27(37)24(35)22(15-20-12-7-6-8-13-20)33-23(34)16-29(2,3)28(33)38/h6-14,22,24-25,35H,15-18H2,1-5H3,(H,31,36)/t22-,24-,25+/m0/s1. The van der Waals surface area contributed by atoms with E-state index in [1.165, 1.54) is 16.7 Å². The Hall–Kier alpha value is -3.17. The first kappa shape index (κ1) is 28.8. The van der Waals surface area contributed by atoms with Gasteiger partial charge in [-0.1, -0.05) is 68.4 Å². The van der Waals surface area contributed by atoms with Crippen molar-refractivity contribution in [2.75, 3.05) is 5.88 Å². The van der Waals surface area contributed by atoms with Crippen LogP contribution in [0.2, 0.25) is 0 Å². The largest absolute Gasteiger partial charge is 0.381 e. The van der Waals surface area contributed by atoms with Crippen LogP contribution in [0.15, 0.2) is 54.6 Å². The van der Waals surface area contributed by atoms with Crippen molar-refractivity contribution < 1.29 is 24.3 Å². The van der Waals surface area contributed by atoms with Gasteiger partial charge in [-0.25, -0.2) is 0 Å². The molecule has 2 fully saturated rings. The van der Waals surface area contributed by atoms with Crippen molar-refractivity contribution in [3.8, 4) is 0 Å². The summed E-state index contributed by atoms with van der Waals surface area (Å²) >= 11 is 1.45. The predicted octanol–water partition coefficient (Wildman–Crippen LogP) is 3.05. The Morgan fingerprint density at radius 3 is 2.31 bits per heavy atom. The number of hydrogen-bond donors (Lipinski definition) is 2. The Labute approximate surface area is 234 Å². The lowest BCUT2D eigenvalue weighted by Gasteiger charge is -2.35. The van der Waals surface area contributed by atoms with Gasteiger partial charge in [0.2, 0.25) is 17.7 Å². The SMILES string of the molecule is Cc1ccccc1CNC(=O)[C@H]1N(C(=O)[C@@H](O)[C@H](Cc2ccccc2)N2C(=O)CC(C)(C)C2=O)CSC1(C)C. The highest BCUT2D eigenvalue weighted by molar-refractivity contribution is 8.00. The molecule has 0 spiro atoms. The fraction of sp³-hybridized carbons (Fsp3) is 0.467. The molecular formula is C30H37N3O5S. The van der Waals surface area contributed by atoms with Crippen LogP contribution in [0.25, 0.3) is 0 Å². The van der Waals surface area contributed by atoms with E-state index < -0.39 is 46.1 Å². The van der Waals surface area contributed by atoms with E-state index in [4.69, 9.17) is 0 Å². The second-order valence-corrected chi connectivity index (χ2v) is 13.2. The van der Waals surface area contributed by atoms with Gasteiger partial charge in [0.1, 0.15) is 6.04 Å². The van der Waals surface area contributed by atoms with E-state index in [9.17, 15) is 24.3 Å². The molecule has 0 unspecified atom stereocenters. The van der Waals surface area contributed by atoms with Crippen molar-refractivity contribution in [1.29, 1.82) is 0 Å². The molecule has 9 heteroatoms. The number of rotatable bonds is 8. The molecule has 8 nitrogen and oxygen atoms in total. The monoisotopic (exact) mass is 551 g/mol. The minimum Gasteiger partial charge on any atom is -0.381 e. The van der Waals surface area contributed by atoms with Crippen LogP contribution in [0.1, 0.15) is 50.8 Å². The molecule has 4 rings (SSSR count). The summed E-state index contributed by atoms with van der Waals surface area (Å²) in [6.45, 7) is 9.46. The first-order valence-corrected chi connectivity index (χ1v) is 14.2. The Kier molecular flexibility index (Phi) is 8.23. The summed E-state index contributed by atoms with van der Waals surface area (Å²) in [6, 6.07) is 15.0. The van der Waals surface area contributed by atoms with Gasteiger partial charge in [-0.15, -0.1) is 11.8 Å². The summed E-state index contributed by atoms with van der Waals surface area (Å²) in [5.74, 6) is -1.61. The number of thioether (sulfide) groups is 1. The molecule has 0 radical (unpaired) electrons. The number of benzene rings is 2. The number of aliphatic hydroxyl groups is 1. The molecule has 208 valence electrons. The topological polar surface area (TPSA) is 107 Å². The van der Waals surface area contributed by atoms with Crippen molar-refractivity contribution >= 4 is 35.4 Å². The highest BCUT2D eigenvalue weighted by atomic mass is 32.2.